The third-order valence-corrected chi connectivity index (χ3v) is 3.30. The van der Waals surface area contributed by atoms with E-state index in [0.29, 0.717) is 5.92 Å². The first kappa shape index (κ1) is 7.70. The highest BCUT2D eigenvalue weighted by Crippen LogP contribution is 2.40. The summed E-state index contributed by atoms with van der Waals surface area (Å²) < 4.78 is 4.31. The Morgan fingerprint density at radius 1 is 1.38 bits per heavy atom. The SMILES string of the molecule is OC1CN(c2nc(C3CC3)ns2)C1. The first-order valence-corrected chi connectivity index (χ1v) is 5.37. The molecule has 0 bridgehead atoms. The fraction of sp³-hybridized carbons (Fsp3) is 0.750. The lowest BCUT2D eigenvalue weighted by Crippen LogP contribution is -2.50. The van der Waals surface area contributed by atoms with Crippen LogP contribution in [0.15, 0.2) is 0 Å². The monoisotopic (exact) mass is 197 g/mol. The van der Waals surface area contributed by atoms with Gasteiger partial charge >= 0.3 is 0 Å². The Bertz CT molecular complexity index is 317. The van der Waals surface area contributed by atoms with Crippen LogP contribution < -0.4 is 4.90 Å². The summed E-state index contributed by atoms with van der Waals surface area (Å²) in [6.07, 6.45) is 2.34. The van der Waals surface area contributed by atoms with Crippen LogP contribution in [-0.2, 0) is 0 Å². The lowest BCUT2D eigenvalue weighted by Gasteiger charge is -2.35. The molecule has 1 aliphatic heterocycles. The molecule has 0 spiro atoms. The van der Waals surface area contributed by atoms with E-state index in [1.165, 1.54) is 24.4 Å². The van der Waals surface area contributed by atoms with E-state index in [-0.39, 0.29) is 6.10 Å². The van der Waals surface area contributed by atoms with Crippen molar-refractivity contribution in [1.82, 2.24) is 9.36 Å². The molecular weight excluding hydrogens is 186 g/mol. The van der Waals surface area contributed by atoms with Crippen molar-refractivity contribution in [2.75, 3.05) is 18.0 Å². The number of anilines is 1. The first-order chi connectivity index (χ1) is 6.33. The Morgan fingerprint density at radius 3 is 2.77 bits per heavy atom. The number of hydrogen-bond donors (Lipinski definition) is 1. The highest BCUT2D eigenvalue weighted by molar-refractivity contribution is 7.09. The van der Waals surface area contributed by atoms with E-state index in [4.69, 9.17) is 5.11 Å². The minimum absolute atomic E-state index is 0.159. The van der Waals surface area contributed by atoms with Gasteiger partial charge in [0, 0.05) is 30.5 Å². The van der Waals surface area contributed by atoms with Gasteiger partial charge in [-0.15, -0.1) is 0 Å². The number of β-amino-alcohol motifs (C(OH)–C–C–N with tert-alkyl or cyclic N) is 1. The summed E-state index contributed by atoms with van der Waals surface area (Å²) in [5.41, 5.74) is 0. The number of rotatable bonds is 2. The molecular formula is C8H11N3OS. The summed E-state index contributed by atoms with van der Waals surface area (Å²) >= 11 is 1.46. The summed E-state index contributed by atoms with van der Waals surface area (Å²) in [4.78, 5) is 6.53. The Balaban J connectivity index is 1.74. The molecule has 1 aliphatic carbocycles. The fourth-order valence-electron chi connectivity index (χ4n) is 1.47. The molecule has 1 saturated carbocycles. The maximum absolute atomic E-state index is 9.12. The molecule has 70 valence electrons. The van der Waals surface area contributed by atoms with Crippen LogP contribution in [0.1, 0.15) is 24.6 Å². The summed E-state index contributed by atoms with van der Waals surface area (Å²) in [6.45, 7) is 1.44. The number of aliphatic hydroxyl groups excluding tert-OH is 1. The molecule has 4 nitrogen and oxygen atoms in total. The average Bonchev–Trinajstić information content (AvgIpc) is 2.80. The van der Waals surface area contributed by atoms with Crippen molar-refractivity contribution in [2.24, 2.45) is 0 Å². The predicted molar refractivity (Wildman–Crippen MR) is 50.1 cm³/mol. The Morgan fingerprint density at radius 2 is 2.15 bits per heavy atom. The highest BCUT2D eigenvalue weighted by atomic mass is 32.1. The number of hydrogen-bond acceptors (Lipinski definition) is 5. The zero-order valence-electron chi connectivity index (χ0n) is 7.18. The molecule has 0 aromatic carbocycles. The fourth-order valence-corrected chi connectivity index (χ4v) is 2.24. The highest BCUT2D eigenvalue weighted by Gasteiger charge is 2.31. The van der Waals surface area contributed by atoms with Crippen LogP contribution in [0.5, 0.6) is 0 Å². The van der Waals surface area contributed by atoms with E-state index < -0.39 is 0 Å². The molecule has 1 N–H and O–H groups in total. The van der Waals surface area contributed by atoms with Gasteiger partial charge in [-0.2, -0.15) is 4.37 Å². The van der Waals surface area contributed by atoms with Crippen LogP contribution in [0.25, 0.3) is 0 Å². The second-order valence-electron chi connectivity index (χ2n) is 3.77. The number of nitrogens with zero attached hydrogens (tertiary/aromatic N) is 3. The first-order valence-electron chi connectivity index (χ1n) is 4.59. The summed E-state index contributed by atoms with van der Waals surface area (Å²) in [5, 5.41) is 10.1. The molecule has 0 radical (unpaired) electrons. The van der Waals surface area contributed by atoms with Gasteiger partial charge in [0.05, 0.1) is 6.10 Å². The minimum Gasteiger partial charge on any atom is -0.389 e. The van der Waals surface area contributed by atoms with Gasteiger partial charge in [-0.3, -0.25) is 0 Å². The molecule has 0 unspecified atom stereocenters. The van der Waals surface area contributed by atoms with Crippen LogP contribution in [0.4, 0.5) is 5.13 Å². The average molecular weight is 197 g/mol. The number of aromatic nitrogens is 2. The second kappa shape index (κ2) is 2.65. The maximum Gasteiger partial charge on any atom is 0.205 e. The zero-order valence-corrected chi connectivity index (χ0v) is 8.00. The van der Waals surface area contributed by atoms with Crippen molar-refractivity contribution in [3.63, 3.8) is 0 Å². The Kier molecular flexibility index (Phi) is 1.57. The lowest BCUT2D eigenvalue weighted by atomic mass is 10.2. The molecule has 2 aliphatic rings. The van der Waals surface area contributed by atoms with E-state index in [1.54, 1.807) is 0 Å². The van der Waals surface area contributed by atoms with E-state index in [2.05, 4.69) is 14.3 Å². The molecule has 1 aromatic rings. The van der Waals surface area contributed by atoms with Gasteiger partial charge in [0.2, 0.25) is 5.13 Å². The Hall–Kier alpha value is -0.680. The van der Waals surface area contributed by atoms with Gasteiger partial charge < -0.3 is 10.0 Å². The quantitative estimate of drug-likeness (QED) is 0.754. The lowest BCUT2D eigenvalue weighted by molar-refractivity contribution is 0.142. The smallest absolute Gasteiger partial charge is 0.205 e. The predicted octanol–water partition coefficient (Wildman–Crippen LogP) is 0.596. The van der Waals surface area contributed by atoms with E-state index in [1.807, 2.05) is 0 Å². The minimum atomic E-state index is -0.159. The van der Waals surface area contributed by atoms with E-state index in [9.17, 15) is 0 Å². The molecule has 0 amide bonds. The molecule has 3 rings (SSSR count). The van der Waals surface area contributed by atoms with Gasteiger partial charge in [-0.25, -0.2) is 4.98 Å². The van der Waals surface area contributed by atoms with Crippen molar-refractivity contribution in [3.05, 3.63) is 5.82 Å². The zero-order chi connectivity index (χ0) is 8.84. The van der Waals surface area contributed by atoms with Crippen LogP contribution >= 0.6 is 11.5 Å². The third kappa shape index (κ3) is 1.32. The third-order valence-electron chi connectivity index (χ3n) is 2.51. The van der Waals surface area contributed by atoms with Gasteiger partial charge in [-0.05, 0) is 12.8 Å². The maximum atomic E-state index is 9.12. The number of aliphatic hydroxyl groups is 1. The summed E-state index contributed by atoms with van der Waals surface area (Å²) in [5.74, 6) is 1.65. The van der Waals surface area contributed by atoms with Gasteiger partial charge in [0.25, 0.3) is 0 Å². The van der Waals surface area contributed by atoms with Crippen LogP contribution in [0, 0.1) is 0 Å². The molecule has 2 heterocycles. The molecule has 1 aromatic heterocycles. The van der Waals surface area contributed by atoms with Crippen molar-refractivity contribution in [3.8, 4) is 0 Å². The van der Waals surface area contributed by atoms with E-state index >= 15 is 0 Å². The van der Waals surface area contributed by atoms with Gasteiger partial charge in [0.1, 0.15) is 5.82 Å². The van der Waals surface area contributed by atoms with Crippen molar-refractivity contribution >= 4 is 16.7 Å². The van der Waals surface area contributed by atoms with Crippen molar-refractivity contribution in [1.29, 1.82) is 0 Å². The van der Waals surface area contributed by atoms with Crippen LogP contribution in [-0.4, -0.2) is 33.7 Å². The summed E-state index contributed by atoms with van der Waals surface area (Å²) in [6, 6.07) is 0. The van der Waals surface area contributed by atoms with Crippen LogP contribution in [0.3, 0.4) is 0 Å². The summed E-state index contributed by atoms with van der Waals surface area (Å²) in [7, 11) is 0. The normalized spacial score (nSPS) is 23.3. The van der Waals surface area contributed by atoms with Gasteiger partial charge in [0.15, 0.2) is 0 Å². The second-order valence-corrected chi connectivity index (χ2v) is 4.50. The molecule has 5 heteroatoms. The molecule has 0 atom stereocenters. The van der Waals surface area contributed by atoms with Gasteiger partial charge in [-0.1, -0.05) is 0 Å². The largest absolute Gasteiger partial charge is 0.389 e. The standard InChI is InChI=1S/C8H11N3OS/c12-6-3-11(4-6)8-9-7(10-13-8)5-1-2-5/h5-6,12H,1-4H2. The molecule has 1 saturated heterocycles. The molecule has 2 fully saturated rings. The molecule has 13 heavy (non-hydrogen) atoms. The van der Waals surface area contributed by atoms with Crippen LogP contribution in [0.2, 0.25) is 0 Å². The Labute approximate surface area is 80.4 Å². The topological polar surface area (TPSA) is 49.2 Å². The van der Waals surface area contributed by atoms with Crippen molar-refractivity contribution < 1.29 is 5.11 Å². The van der Waals surface area contributed by atoms with E-state index in [0.717, 1.165) is 24.0 Å². The van der Waals surface area contributed by atoms with Crippen molar-refractivity contribution in [2.45, 2.75) is 24.9 Å².